The zero-order valence-corrected chi connectivity index (χ0v) is 13.4. The Bertz CT molecular complexity index is 578. The SMILES string of the molecule is CNC(Cc1ccccc1Cl)c1c(Cl)cnn1C(C)C. The molecule has 0 aliphatic heterocycles. The van der Waals surface area contributed by atoms with Gasteiger partial charge in [-0.05, 0) is 38.9 Å². The second-order valence-electron chi connectivity index (χ2n) is 5.05. The lowest BCUT2D eigenvalue weighted by Gasteiger charge is -2.21. The Hall–Kier alpha value is -1.03. The van der Waals surface area contributed by atoms with Crippen LogP contribution in [0.3, 0.4) is 0 Å². The topological polar surface area (TPSA) is 29.9 Å². The minimum absolute atomic E-state index is 0.0762. The first-order chi connectivity index (χ1) is 9.54. The van der Waals surface area contributed by atoms with E-state index >= 15 is 0 Å². The maximum atomic E-state index is 6.31. The molecule has 20 heavy (non-hydrogen) atoms. The Labute approximate surface area is 129 Å². The van der Waals surface area contributed by atoms with Crippen LogP contribution in [0.2, 0.25) is 10.0 Å². The van der Waals surface area contributed by atoms with Crippen LogP contribution in [0.1, 0.15) is 37.2 Å². The van der Waals surface area contributed by atoms with Crippen LogP contribution in [-0.2, 0) is 6.42 Å². The van der Waals surface area contributed by atoms with E-state index in [1.54, 1.807) is 6.20 Å². The smallest absolute Gasteiger partial charge is 0.0834 e. The number of hydrogen-bond donors (Lipinski definition) is 1. The minimum atomic E-state index is 0.0762. The largest absolute Gasteiger partial charge is 0.311 e. The van der Waals surface area contributed by atoms with Gasteiger partial charge in [0.2, 0.25) is 0 Å². The van der Waals surface area contributed by atoms with Gasteiger partial charge in [-0.1, -0.05) is 41.4 Å². The summed E-state index contributed by atoms with van der Waals surface area (Å²) in [6.45, 7) is 4.18. The molecular formula is C15H19Cl2N3. The van der Waals surface area contributed by atoms with Crippen LogP contribution in [0.4, 0.5) is 0 Å². The number of rotatable bonds is 5. The molecule has 0 saturated heterocycles. The third kappa shape index (κ3) is 3.17. The zero-order valence-electron chi connectivity index (χ0n) is 11.9. The van der Waals surface area contributed by atoms with E-state index < -0.39 is 0 Å². The van der Waals surface area contributed by atoms with E-state index in [4.69, 9.17) is 23.2 Å². The van der Waals surface area contributed by atoms with E-state index in [0.29, 0.717) is 5.02 Å². The average molecular weight is 312 g/mol. The molecule has 0 aliphatic carbocycles. The summed E-state index contributed by atoms with van der Waals surface area (Å²) in [5.41, 5.74) is 2.10. The molecule has 0 bridgehead atoms. The highest BCUT2D eigenvalue weighted by Crippen LogP contribution is 2.29. The molecular weight excluding hydrogens is 293 g/mol. The number of hydrogen-bond acceptors (Lipinski definition) is 2. The van der Waals surface area contributed by atoms with Crippen molar-refractivity contribution in [3.63, 3.8) is 0 Å². The van der Waals surface area contributed by atoms with Gasteiger partial charge in [0.1, 0.15) is 0 Å². The summed E-state index contributed by atoms with van der Waals surface area (Å²) >= 11 is 12.6. The molecule has 0 amide bonds. The predicted octanol–water partition coefficient (Wildman–Crippen LogP) is 4.27. The van der Waals surface area contributed by atoms with E-state index in [0.717, 1.165) is 22.7 Å². The van der Waals surface area contributed by atoms with Crippen molar-refractivity contribution in [2.75, 3.05) is 7.05 Å². The number of nitrogens with zero attached hydrogens (tertiary/aromatic N) is 2. The fraction of sp³-hybridized carbons (Fsp3) is 0.400. The predicted molar refractivity (Wildman–Crippen MR) is 84.6 cm³/mol. The summed E-state index contributed by atoms with van der Waals surface area (Å²) in [7, 11) is 1.93. The molecule has 1 aromatic carbocycles. The molecule has 2 aromatic rings. The molecule has 3 nitrogen and oxygen atoms in total. The average Bonchev–Trinajstić information content (AvgIpc) is 2.80. The number of benzene rings is 1. The van der Waals surface area contributed by atoms with Crippen molar-refractivity contribution in [1.82, 2.24) is 15.1 Å². The first kappa shape index (κ1) is 15.4. The van der Waals surface area contributed by atoms with E-state index in [1.165, 1.54) is 0 Å². The molecule has 1 aromatic heterocycles. The lowest BCUT2D eigenvalue weighted by molar-refractivity contribution is 0.460. The summed E-state index contributed by atoms with van der Waals surface area (Å²) in [4.78, 5) is 0. The number of halogens is 2. The van der Waals surface area contributed by atoms with Crippen LogP contribution in [0.5, 0.6) is 0 Å². The molecule has 0 fully saturated rings. The van der Waals surface area contributed by atoms with Gasteiger partial charge in [0.25, 0.3) is 0 Å². The second kappa shape index (κ2) is 6.61. The summed E-state index contributed by atoms with van der Waals surface area (Å²) < 4.78 is 1.96. The first-order valence-corrected chi connectivity index (χ1v) is 7.43. The Morgan fingerprint density at radius 1 is 1.20 bits per heavy atom. The van der Waals surface area contributed by atoms with Gasteiger partial charge in [-0.3, -0.25) is 4.68 Å². The van der Waals surface area contributed by atoms with Crippen LogP contribution < -0.4 is 5.32 Å². The van der Waals surface area contributed by atoms with Crippen molar-refractivity contribution in [2.45, 2.75) is 32.4 Å². The monoisotopic (exact) mass is 311 g/mol. The third-order valence-electron chi connectivity index (χ3n) is 3.34. The van der Waals surface area contributed by atoms with Crippen molar-refractivity contribution in [3.05, 3.63) is 51.8 Å². The Kier molecular flexibility index (Phi) is 5.08. The van der Waals surface area contributed by atoms with E-state index in [1.807, 2.05) is 36.0 Å². The number of likely N-dealkylation sites (N-methyl/N-ethyl adjacent to an activating group) is 1. The van der Waals surface area contributed by atoms with Crippen LogP contribution in [-0.4, -0.2) is 16.8 Å². The van der Waals surface area contributed by atoms with Gasteiger partial charge >= 0.3 is 0 Å². The van der Waals surface area contributed by atoms with Crippen molar-refractivity contribution in [3.8, 4) is 0 Å². The number of aromatic nitrogens is 2. The minimum Gasteiger partial charge on any atom is -0.311 e. The summed E-state index contributed by atoms with van der Waals surface area (Å²) in [5.74, 6) is 0. The third-order valence-corrected chi connectivity index (χ3v) is 4.00. The molecule has 1 N–H and O–H groups in total. The molecule has 1 heterocycles. The van der Waals surface area contributed by atoms with Crippen LogP contribution >= 0.6 is 23.2 Å². The Morgan fingerprint density at radius 3 is 2.50 bits per heavy atom. The van der Waals surface area contributed by atoms with Crippen LogP contribution in [0.15, 0.2) is 30.5 Å². The summed E-state index contributed by atoms with van der Waals surface area (Å²) in [6.07, 6.45) is 2.47. The first-order valence-electron chi connectivity index (χ1n) is 6.68. The Balaban J connectivity index is 2.34. The van der Waals surface area contributed by atoms with Gasteiger partial charge in [-0.25, -0.2) is 0 Å². The number of nitrogens with one attached hydrogen (secondary N) is 1. The van der Waals surface area contributed by atoms with Crippen molar-refractivity contribution in [1.29, 1.82) is 0 Å². The highest BCUT2D eigenvalue weighted by molar-refractivity contribution is 6.31. The molecule has 0 radical (unpaired) electrons. The molecule has 0 spiro atoms. The van der Waals surface area contributed by atoms with E-state index in [2.05, 4.69) is 24.3 Å². The maximum absolute atomic E-state index is 6.31. The molecule has 5 heteroatoms. The highest BCUT2D eigenvalue weighted by atomic mass is 35.5. The summed E-state index contributed by atoms with van der Waals surface area (Å²) in [5, 5.41) is 9.13. The van der Waals surface area contributed by atoms with Gasteiger partial charge in [-0.2, -0.15) is 5.10 Å². The highest BCUT2D eigenvalue weighted by Gasteiger charge is 2.21. The van der Waals surface area contributed by atoms with Gasteiger partial charge in [0.05, 0.1) is 23.0 Å². The maximum Gasteiger partial charge on any atom is 0.0834 e. The van der Waals surface area contributed by atoms with Crippen LogP contribution in [0, 0.1) is 0 Å². The molecule has 0 saturated carbocycles. The lowest BCUT2D eigenvalue weighted by atomic mass is 10.0. The molecule has 108 valence electrons. The zero-order chi connectivity index (χ0) is 14.7. The Morgan fingerprint density at radius 2 is 1.90 bits per heavy atom. The fourth-order valence-corrected chi connectivity index (χ4v) is 2.78. The van der Waals surface area contributed by atoms with E-state index in [-0.39, 0.29) is 12.1 Å². The van der Waals surface area contributed by atoms with Crippen molar-refractivity contribution in [2.24, 2.45) is 0 Å². The molecule has 1 atom stereocenters. The van der Waals surface area contributed by atoms with E-state index in [9.17, 15) is 0 Å². The standard InChI is InChI=1S/C15H19Cl2N3/c1-10(2)20-15(13(17)9-19-20)14(18-3)8-11-6-4-5-7-12(11)16/h4-7,9-10,14,18H,8H2,1-3H3. The van der Waals surface area contributed by atoms with Gasteiger partial charge in [0.15, 0.2) is 0 Å². The van der Waals surface area contributed by atoms with Crippen molar-refractivity contribution < 1.29 is 0 Å². The normalized spacial score (nSPS) is 12.9. The summed E-state index contributed by atoms with van der Waals surface area (Å²) in [6, 6.07) is 8.22. The molecule has 2 rings (SSSR count). The molecule has 0 aliphatic rings. The van der Waals surface area contributed by atoms with Crippen molar-refractivity contribution >= 4 is 23.2 Å². The van der Waals surface area contributed by atoms with Gasteiger partial charge < -0.3 is 5.32 Å². The molecule has 1 unspecified atom stereocenters. The fourth-order valence-electron chi connectivity index (χ4n) is 2.31. The van der Waals surface area contributed by atoms with Crippen LogP contribution in [0.25, 0.3) is 0 Å². The quantitative estimate of drug-likeness (QED) is 0.893. The van der Waals surface area contributed by atoms with Gasteiger partial charge in [0, 0.05) is 11.1 Å². The lowest BCUT2D eigenvalue weighted by Crippen LogP contribution is -2.23. The van der Waals surface area contributed by atoms with Gasteiger partial charge in [-0.15, -0.1) is 0 Å². The second-order valence-corrected chi connectivity index (χ2v) is 5.87.